The van der Waals surface area contributed by atoms with E-state index in [0.29, 0.717) is 24.3 Å². The van der Waals surface area contributed by atoms with Crippen LogP contribution in [0.3, 0.4) is 0 Å². The molecule has 166 valence electrons. The van der Waals surface area contributed by atoms with E-state index >= 15 is 0 Å². The molecule has 1 aliphatic heterocycles. The zero-order valence-electron chi connectivity index (χ0n) is 17.9. The van der Waals surface area contributed by atoms with Crippen LogP contribution < -0.4 is 10.0 Å². The van der Waals surface area contributed by atoms with Crippen LogP contribution in [0.15, 0.2) is 53.4 Å². The minimum Gasteiger partial charge on any atom is -0.325 e. The van der Waals surface area contributed by atoms with E-state index < -0.39 is 10.0 Å². The van der Waals surface area contributed by atoms with Crippen molar-refractivity contribution in [2.75, 3.05) is 31.5 Å². The van der Waals surface area contributed by atoms with Crippen molar-refractivity contribution in [3.63, 3.8) is 0 Å². The Morgan fingerprint density at radius 3 is 2.58 bits per heavy atom. The molecular formula is C23H29N3O4S. The normalized spacial score (nSPS) is 17.3. The number of aryl methyl sites for hydroxylation is 1. The molecule has 7 nitrogen and oxygen atoms in total. The Labute approximate surface area is 183 Å². The number of sulfonamides is 1. The van der Waals surface area contributed by atoms with Gasteiger partial charge in [-0.15, -0.1) is 0 Å². The maximum Gasteiger partial charge on any atom is 0.240 e. The smallest absolute Gasteiger partial charge is 0.240 e. The van der Waals surface area contributed by atoms with Gasteiger partial charge in [-0.3, -0.25) is 14.5 Å². The highest BCUT2D eigenvalue weighted by Gasteiger charge is 2.24. The largest absolute Gasteiger partial charge is 0.325 e. The number of ketones is 1. The predicted octanol–water partition coefficient (Wildman–Crippen LogP) is 2.83. The second-order valence-corrected chi connectivity index (χ2v) is 9.86. The molecule has 1 saturated heterocycles. The lowest BCUT2D eigenvalue weighted by molar-refractivity contribution is -0.117. The Hall–Kier alpha value is -2.55. The van der Waals surface area contributed by atoms with Crippen LogP contribution in [0.2, 0.25) is 0 Å². The van der Waals surface area contributed by atoms with Gasteiger partial charge in [0.1, 0.15) is 0 Å². The number of nitrogens with zero attached hydrogens (tertiary/aromatic N) is 1. The number of Topliss-reactive ketones (excluding diaryl/α,β-unsaturated/α-hetero) is 1. The molecule has 2 aromatic rings. The van der Waals surface area contributed by atoms with Gasteiger partial charge in [0.25, 0.3) is 0 Å². The molecule has 1 atom stereocenters. The van der Waals surface area contributed by atoms with Gasteiger partial charge in [0.2, 0.25) is 15.9 Å². The summed E-state index contributed by atoms with van der Waals surface area (Å²) in [6, 6.07) is 13.6. The first kappa shape index (κ1) is 23.1. The maximum atomic E-state index is 12.5. The quantitative estimate of drug-likeness (QED) is 0.612. The number of hydrogen-bond acceptors (Lipinski definition) is 5. The highest BCUT2D eigenvalue weighted by Crippen LogP contribution is 2.18. The van der Waals surface area contributed by atoms with Gasteiger partial charge >= 0.3 is 0 Å². The summed E-state index contributed by atoms with van der Waals surface area (Å²) in [6.07, 6.45) is 1.82. The summed E-state index contributed by atoms with van der Waals surface area (Å²) in [4.78, 5) is 26.3. The topological polar surface area (TPSA) is 95.6 Å². The standard InChI is InChI=1S/C23H29N3O4S/c1-17-8-10-22(11-9-17)31(29,30)24-14-19-5-4-12-26(15-19)16-23(28)25-21-7-3-6-20(13-21)18(2)27/h3,6-11,13,19,24H,4-5,12,14-16H2,1-2H3,(H,25,28). The third-order valence-electron chi connectivity index (χ3n) is 5.42. The molecule has 8 heteroatoms. The van der Waals surface area contributed by atoms with Crippen LogP contribution in [0.25, 0.3) is 0 Å². The number of benzene rings is 2. The van der Waals surface area contributed by atoms with Crippen molar-refractivity contribution in [3.8, 4) is 0 Å². The first-order valence-electron chi connectivity index (χ1n) is 10.4. The van der Waals surface area contributed by atoms with Crippen molar-refractivity contribution in [3.05, 3.63) is 59.7 Å². The van der Waals surface area contributed by atoms with E-state index in [1.807, 2.05) is 11.8 Å². The Bertz CT molecular complexity index is 1040. The minimum absolute atomic E-state index is 0.0527. The summed E-state index contributed by atoms with van der Waals surface area (Å²) in [5.74, 6) is -0.0625. The first-order valence-corrected chi connectivity index (χ1v) is 11.9. The predicted molar refractivity (Wildman–Crippen MR) is 121 cm³/mol. The fourth-order valence-electron chi connectivity index (χ4n) is 3.71. The number of nitrogens with one attached hydrogen (secondary N) is 2. The molecule has 2 N–H and O–H groups in total. The number of likely N-dealkylation sites (tertiary alicyclic amines) is 1. The third-order valence-corrected chi connectivity index (χ3v) is 6.86. The minimum atomic E-state index is -3.54. The Balaban J connectivity index is 1.51. The fraction of sp³-hybridized carbons (Fsp3) is 0.391. The molecule has 0 spiro atoms. The average Bonchev–Trinajstić information content (AvgIpc) is 2.73. The second-order valence-electron chi connectivity index (χ2n) is 8.09. The number of amides is 1. The number of rotatable bonds is 8. The van der Waals surface area contributed by atoms with E-state index in [4.69, 9.17) is 0 Å². The molecule has 2 aromatic carbocycles. The summed E-state index contributed by atoms with van der Waals surface area (Å²) in [6.45, 7) is 5.42. The summed E-state index contributed by atoms with van der Waals surface area (Å²) in [5, 5.41) is 2.84. The van der Waals surface area contributed by atoms with Crippen LogP contribution in [0.4, 0.5) is 5.69 Å². The number of carbonyl (C=O) groups excluding carboxylic acids is 2. The molecule has 3 rings (SSSR count). The number of anilines is 1. The molecule has 0 aromatic heterocycles. The lowest BCUT2D eigenvalue weighted by Gasteiger charge is -2.32. The molecule has 1 amide bonds. The first-order chi connectivity index (χ1) is 14.7. The SMILES string of the molecule is CC(=O)c1cccc(NC(=O)CN2CCCC(CNS(=O)(=O)c3ccc(C)cc3)C2)c1. The van der Waals surface area contributed by atoms with Crippen molar-refractivity contribution >= 4 is 27.4 Å². The molecule has 1 heterocycles. The molecule has 1 fully saturated rings. The lowest BCUT2D eigenvalue weighted by Crippen LogP contribution is -2.43. The van der Waals surface area contributed by atoms with Gasteiger partial charge in [-0.05, 0) is 63.4 Å². The molecular weight excluding hydrogens is 414 g/mol. The van der Waals surface area contributed by atoms with Gasteiger partial charge in [-0.1, -0.05) is 29.8 Å². The van der Waals surface area contributed by atoms with Crippen molar-refractivity contribution in [2.45, 2.75) is 31.6 Å². The van der Waals surface area contributed by atoms with Crippen LogP contribution in [-0.2, 0) is 14.8 Å². The van der Waals surface area contributed by atoms with Gasteiger partial charge in [0, 0.05) is 24.3 Å². The molecule has 31 heavy (non-hydrogen) atoms. The van der Waals surface area contributed by atoms with E-state index in [9.17, 15) is 18.0 Å². The van der Waals surface area contributed by atoms with E-state index in [2.05, 4.69) is 10.0 Å². The van der Waals surface area contributed by atoms with Gasteiger partial charge in [0.05, 0.1) is 11.4 Å². The van der Waals surface area contributed by atoms with Gasteiger partial charge in [-0.2, -0.15) is 0 Å². The fourth-order valence-corrected chi connectivity index (χ4v) is 4.83. The lowest BCUT2D eigenvalue weighted by atomic mass is 9.98. The van der Waals surface area contributed by atoms with Crippen LogP contribution in [0.1, 0.15) is 35.7 Å². The summed E-state index contributed by atoms with van der Waals surface area (Å²) in [7, 11) is -3.54. The Kier molecular flexibility index (Phi) is 7.59. The highest BCUT2D eigenvalue weighted by molar-refractivity contribution is 7.89. The molecule has 0 saturated carbocycles. The molecule has 0 radical (unpaired) electrons. The second kappa shape index (κ2) is 10.2. The van der Waals surface area contributed by atoms with Crippen LogP contribution >= 0.6 is 0 Å². The van der Waals surface area contributed by atoms with Crippen molar-refractivity contribution < 1.29 is 18.0 Å². The number of piperidine rings is 1. The van der Waals surface area contributed by atoms with Crippen LogP contribution in [0.5, 0.6) is 0 Å². The van der Waals surface area contributed by atoms with Crippen molar-refractivity contribution in [1.82, 2.24) is 9.62 Å². The molecule has 1 unspecified atom stereocenters. The molecule has 1 aliphatic rings. The number of carbonyl (C=O) groups is 2. The van der Waals surface area contributed by atoms with Crippen LogP contribution in [0, 0.1) is 12.8 Å². The maximum absolute atomic E-state index is 12.5. The zero-order valence-corrected chi connectivity index (χ0v) is 18.7. The van der Waals surface area contributed by atoms with Gasteiger partial charge in [-0.25, -0.2) is 13.1 Å². The van der Waals surface area contributed by atoms with Gasteiger partial charge in [0.15, 0.2) is 5.78 Å². The summed E-state index contributed by atoms with van der Waals surface area (Å²) >= 11 is 0. The summed E-state index contributed by atoms with van der Waals surface area (Å²) < 4.78 is 27.7. The monoisotopic (exact) mass is 443 g/mol. The molecule has 0 bridgehead atoms. The van der Waals surface area contributed by atoms with E-state index in [-0.39, 0.29) is 29.0 Å². The number of hydrogen-bond donors (Lipinski definition) is 2. The molecule has 0 aliphatic carbocycles. The highest BCUT2D eigenvalue weighted by atomic mass is 32.2. The summed E-state index contributed by atoms with van der Waals surface area (Å²) in [5.41, 5.74) is 2.15. The average molecular weight is 444 g/mol. The van der Waals surface area contributed by atoms with E-state index in [0.717, 1.165) is 24.9 Å². The van der Waals surface area contributed by atoms with Crippen molar-refractivity contribution in [2.24, 2.45) is 5.92 Å². The third kappa shape index (κ3) is 6.72. The Morgan fingerprint density at radius 1 is 1.13 bits per heavy atom. The zero-order chi connectivity index (χ0) is 22.4. The van der Waals surface area contributed by atoms with Crippen molar-refractivity contribution in [1.29, 1.82) is 0 Å². The van der Waals surface area contributed by atoms with Crippen LogP contribution in [-0.4, -0.2) is 51.2 Å². The Morgan fingerprint density at radius 2 is 1.87 bits per heavy atom. The van der Waals surface area contributed by atoms with E-state index in [1.54, 1.807) is 48.5 Å². The van der Waals surface area contributed by atoms with E-state index in [1.165, 1.54) is 6.92 Å². The van der Waals surface area contributed by atoms with Gasteiger partial charge < -0.3 is 5.32 Å².